The first-order chi connectivity index (χ1) is 14.6. The zero-order valence-electron chi connectivity index (χ0n) is 18.2. The SMILES string of the molecule is CC(C)Oc1ccc2nnc(CCCC(=O)NC[C@@H]3CCCN4CCCC[C@@H]34)n2n1. The van der Waals surface area contributed by atoms with E-state index in [1.54, 1.807) is 10.6 Å². The highest BCUT2D eigenvalue weighted by Crippen LogP contribution is 2.30. The summed E-state index contributed by atoms with van der Waals surface area (Å²) in [5, 5.41) is 16.1. The van der Waals surface area contributed by atoms with E-state index in [2.05, 4.69) is 25.5 Å². The quantitative estimate of drug-likeness (QED) is 0.715. The fourth-order valence-corrected chi connectivity index (χ4v) is 4.83. The second kappa shape index (κ2) is 9.73. The number of aryl methyl sites for hydroxylation is 1. The van der Waals surface area contributed by atoms with Crippen LogP contribution in [0.1, 0.15) is 64.6 Å². The maximum absolute atomic E-state index is 12.4. The van der Waals surface area contributed by atoms with E-state index in [1.165, 1.54) is 45.2 Å². The van der Waals surface area contributed by atoms with Gasteiger partial charge in [-0.2, -0.15) is 4.52 Å². The predicted molar refractivity (Wildman–Crippen MR) is 114 cm³/mol. The van der Waals surface area contributed by atoms with Crippen molar-refractivity contribution in [3.63, 3.8) is 0 Å². The summed E-state index contributed by atoms with van der Waals surface area (Å²) in [7, 11) is 0. The van der Waals surface area contributed by atoms with Gasteiger partial charge in [-0.3, -0.25) is 4.79 Å². The van der Waals surface area contributed by atoms with Crippen LogP contribution < -0.4 is 10.1 Å². The fourth-order valence-electron chi connectivity index (χ4n) is 4.83. The number of ether oxygens (including phenoxy) is 1. The number of nitrogens with zero attached hydrogens (tertiary/aromatic N) is 5. The van der Waals surface area contributed by atoms with Crippen molar-refractivity contribution < 1.29 is 9.53 Å². The molecule has 2 atom stereocenters. The molecule has 0 spiro atoms. The number of amides is 1. The van der Waals surface area contributed by atoms with Crippen LogP contribution >= 0.6 is 0 Å². The van der Waals surface area contributed by atoms with Gasteiger partial charge in [0.2, 0.25) is 11.8 Å². The molecule has 4 rings (SSSR count). The molecule has 4 heterocycles. The van der Waals surface area contributed by atoms with Crippen LogP contribution in [0.25, 0.3) is 5.65 Å². The van der Waals surface area contributed by atoms with Gasteiger partial charge in [0.1, 0.15) is 0 Å². The Bertz CT molecular complexity index is 849. The molecule has 164 valence electrons. The second-order valence-corrected chi connectivity index (χ2v) is 8.88. The molecule has 0 bridgehead atoms. The van der Waals surface area contributed by atoms with E-state index in [-0.39, 0.29) is 12.0 Å². The van der Waals surface area contributed by atoms with Crippen LogP contribution in [-0.4, -0.2) is 62.4 Å². The number of aromatic nitrogens is 4. The number of carbonyl (C=O) groups excluding carboxylic acids is 1. The average Bonchev–Trinajstić information content (AvgIpc) is 3.14. The van der Waals surface area contributed by atoms with Gasteiger partial charge in [-0.1, -0.05) is 6.42 Å². The Balaban J connectivity index is 1.24. The lowest BCUT2D eigenvalue weighted by atomic mass is 9.83. The third-order valence-electron chi connectivity index (χ3n) is 6.25. The summed E-state index contributed by atoms with van der Waals surface area (Å²) in [4.78, 5) is 15.1. The van der Waals surface area contributed by atoms with Gasteiger partial charge >= 0.3 is 0 Å². The number of hydrogen-bond donors (Lipinski definition) is 1. The van der Waals surface area contributed by atoms with Crippen LogP contribution in [0.2, 0.25) is 0 Å². The monoisotopic (exact) mass is 414 g/mol. The van der Waals surface area contributed by atoms with Crippen LogP contribution in [-0.2, 0) is 11.2 Å². The van der Waals surface area contributed by atoms with E-state index in [0.717, 1.165) is 18.8 Å². The molecule has 0 saturated carbocycles. The van der Waals surface area contributed by atoms with Gasteiger partial charge in [0.05, 0.1) is 6.10 Å². The van der Waals surface area contributed by atoms with Crippen LogP contribution in [0.4, 0.5) is 0 Å². The molecule has 0 unspecified atom stereocenters. The minimum Gasteiger partial charge on any atom is -0.474 e. The summed E-state index contributed by atoms with van der Waals surface area (Å²) in [6.07, 6.45) is 8.38. The van der Waals surface area contributed by atoms with Crippen molar-refractivity contribution in [1.82, 2.24) is 30.0 Å². The van der Waals surface area contributed by atoms with E-state index in [0.29, 0.717) is 36.3 Å². The van der Waals surface area contributed by atoms with Crippen molar-refractivity contribution in [2.24, 2.45) is 5.92 Å². The molecule has 0 aromatic carbocycles. The van der Waals surface area contributed by atoms with Gasteiger partial charge in [-0.25, -0.2) is 0 Å². The van der Waals surface area contributed by atoms with E-state index in [1.807, 2.05) is 19.9 Å². The van der Waals surface area contributed by atoms with Crippen LogP contribution in [0.5, 0.6) is 5.88 Å². The average molecular weight is 415 g/mol. The lowest BCUT2D eigenvalue weighted by Gasteiger charge is -2.44. The summed E-state index contributed by atoms with van der Waals surface area (Å²) >= 11 is 0. The molecule has 8 heteroatoms. The Morgan fingerprint density at radius 1 is 1.20 bits per heavy atom. The number of nitrogens with one attached hydrogen (secondary N) is 1. The number of rotatable bonds is 8. The summed E-state index contributed by atoms with van der Waals surface area (Å²) in [6, 6.07) is 4.33. The van der Waals surface area contributed by atoms with Crippen molar-refractivity contribution in [2.75, 3.05) is 19.6 Å². The maximum atomic E-state index is 12.4. The molecule has 0 radical (unpaired) electrons. The van der Waals surface area contributed by atoms with E-state index in [9.17, 15) is 4.79 Å². The topological polar surface area (TPSA) is 84.6 Å². The second-order valence-electron chi connectivity index (χ2n) is 8.88. The van der Waals surface area contributed by atoms with Gasteiger partial charge in [0, 0.05) is 31.5 Å². The van der Waals surface area contributed by atoms with Crippen molar-refractivity contribution in [3.8, 4) is 5.88 Å². The molecule has 2 saturated heterocycles. The first kappa shape index (κ1) is 21.0. The van der Waals surface area contributed by atoms with Crippen molar-refractivity contribution in [1.29, 1.82) is 0 Å². The first-order valence-electron chi connectivity index (χ1n) is 11.5. The predicted octanol–water partition coefficient (Wildman–Crippen LogP) is 2.61. The summed E-state index contributed by atoms with van der Waals surface area (Å²) in [5.74, 6) is 2.05. The Labute approximate surface area is 178 Å². The molecular formula is C22H34N6O2. The van der Waals surface area contributed by atoms with Crippen molar-refractivity contribution >= 4 is 11.6 Å². The maximum Gasteiger partial charge on any atom is 0.232 e. The molecule has 2 fully saturated rings. The molecule has 30 heavy (non-hydrogen) atoms. The Kier molecular flexibility index (Phi) is 6.82. The van der Waals surface area contributed by atoms with Crippen LogP contribution in [0.3, 0.4) is 0 Å². The van der Waals surface area contributed by atoms with Gasteiger partial charge in [0.15, 0.2) is 11.5 Å². The third kappa shape index (κ3) is 5.09. The standard InChI is InChI=1S/C22H34N6O2/c1-16(2)30-22-12-11-20-25-24-19(28(20)26-22)9-5-10-21(29)23-15-17-7-6-14-27-13-4-3-8-18(17)27/h11-12,16-18H,3-10,13-15H2,1-2H3,(H,23,29)/t17-,18-/m0/s1. The molecule has 1 amide bonds. The van der Waals surface area contributed by atoms with E-state index in [4.69, 9.17) is 4.74 Å². The fraction of sp³-hybridized carbons (Fsp3) is 0.727. The Morgan fingerprint density at radius 2 is 2.07 bits per heavy atom. The molecule has 2 aromatic heterocycles. The minimum absolute atomic E-state index is 0.0587. The normalized spacial score (nSPS) is 22.2. The van der Waals surface area contributed by atoms with Crippen LogP contribution in [0.15, 0.2) is 12.1 Å². The van der Waals surface area contributed by atoms with Crippen molar-refractivity contribution in [2.45, 2.75) is 77.4 Å². The number of fused-ring (bicyclic) bond motifs is 2. The van der Waals surface area contributed by atoms with Gasteiger partial charge in [-0.15, -0.1) is 15.3 Å². The third-order valence-corrected chi connectivity index (χ3v) is 6.25. The molecular weight excluding hydrogens is 380 g/mol. The lowest BCUT2D eigenvalue weighted by Crippen LogP contribution is -2.50. The molecule has 1 N–H and O–H groups in total. The zero-order chi connectivity index (χ0) is 20.9. The molecule has 0 aliphatic carbocycles. The molecule has 2 aliphatic heterocycles. The highest BCUT2D eigenvalue weighted by molar-refractivity contribution is 5.75. The smallest absolute Gasteiger partial charge is 0.232 e. The van der Waals surface area contributed by atoms with E-state index < -0.39 is 0 Å². The Morgan fingerprint density at radius 3 is 2.93 bits per heavy atom. The number of carbonyl (C=O) groups is 1. The van der Waals surface area contributed by atoms with E-state index >= 15 is 0 Å². The summed E-state index contributed by atoms with van der Waals surface area (Å²) in [5.41, 5.74) is 0.694. The summed E-state index contributed by atoms with van der Waals surface area (Å²) < 4.78 is 7.38. The summed E-state index contributed by atoms with van der Waals surface area (Å²) in [6.45, 7) is 7.22. The molecule has 2 aliphatic rings. The van der Waals surface area contributed by atoms with Gasteiger partial charge in [-0.05, 0) is 71.0 Å². The van der Waals surface area contributed by atoms with Gasteiger partial charge < -0.3 is 15.0 Å². The molecule has 8 nitrogen and oxygen atoms in total. The number of piperidine rings is 2. The largest absolute Gasteiger partial charge is 0.474 e. The lowest BCUT2D eigenvalue weighted by molar-refractivity contribution is -0.121. The zero-order valence-corrected chi connectivity index (χ0v) is 18.2. The Hall–Kier alpha value is -2.22. The minimum atomic E-state index is 0.0587. The first-order valence-corrected chi connectivity index (χ1v) is 11.5. The van der Waals surface area contributed by atoms with Gasteiger partial charge in [0.25, 0.3) is 0 Å². The van der Waals surface area contributed by atoms with Crippen molar-refractivity contribution in [3.05, 3.63) is 18.0 Å². The highest BCUT2D eigenvalue weighted by atomic mass is 16.5. The highest BCUT2D eigenvalue weighted by Gasteiger charge is 2.32. The molecule has 2 aromatic rings. The van der Waals surface area contributed by atoms with Crippen LogP contribution in [0, 0.1) is 5.92 Å². The number of hydrogen-bond acceptors (Lipinski definition) is 6.